The number of rotatable bonds is 7. The van der Waals surface area contributed by atoms with Gasteiger partial charge in [-0.3, -0.25) is 9.59 Å². The standard InChI is InChI=1S/C28H29NO5/c1-3-33-18-28(27(32)34-4-2)24(29-26(31)19-12-6-5-7-13-19)22-16-10-8-14-20(22)21-15-9-11-17-23(21)25(28)30/h5-17,24-25,30H,3-4,18H2,1-2H3,(H,29,31)/t24-,25-,28+/m1/s1. The lowest BCUT2D eigenvalue weighted by Gasteiger charge is -2.41. The molecule has 34 heavy (non-hydrogen) atoms. The molecule has 176 valence electrons. The number of ether oxygens (including phenoxy) is 2. The van der Waals surface area contributed by atoms with Gasteiger partial charge in [0, 0.05) is 12.2 Å². The van der Waals surface area contributed by atoms with Gasteiger partial charge in [-0.1, -0.05) is 66.7 Å². The van der Waals surface area contributed by atoms with Crippen molar-refractivity contribution in [2.75, 3.05) is 19.8 Å². The quantitative estimate of drug-likeness (QED) is 0.510. The number of hydrogen-bond donors (Lipinski definition) is 2. The van der Waals surface area contributed by atoms with Gasteiger partial charge in [0.1, 0.15) is 11.5 Å². The Bertz CT molecular complexity index is 1160. The average molecular weight is 460 g/mol. The van der Waals surface area contributed by atoms with Crippen LogP contribution < -0.4 is 5.32 Å². The third kappa shape index (κ3) is 4.11. The van der Waals surface area contributed by atoms with Crippen LogP contribution in [0.15, 0.2) is 78.9 Å². The minimum absolute atomic E-state index is 0.127. The maximum atomic E-state index is 13.7. The summed E-state index contributed by atoms with van der Waals surface area (Å²) in [4.78, 5) is 27.1. The van der Waals surface area contributed by atoms with E-state index >= 15 is 0 Å². The smallest absolute Gasteiger partial charge is 0.319 e. The first-order chi connectivity index (χ1) is 16.5. The fourth-order valence-electron chi connectivity index (χ4n) is 4.69. The predicted octanol–water partition coefficient (Wildman–Crippen LogP) is 4.46. The van der Waals surface area contributed by atoms with Gasteiger partial charge < -0.3 is 19.9 Å². The van der Waals surface area contributed by atoms with E-state index in [1.54, 1.807) is 37.3 Å². The van der Waals surface area contributed by atoms with Gasteiger partial charge in [-0.05, 0) is 48.2 Å². The van der Waals surface area contributed by atoms with Crippen molar-refractivity contribution in [3.8, 4) is 11.1 Å². The fraction of sp³-hybridized carbons (Fsp3) is 0.286. The van der Waals surface area contributed by atoms with E-state index in [4.69, 9.17) is 9.47 Å². The van der Waals surface area contributed by atoms with Crippen molar-refractivity contribution in [3.05, 3.63) is 95.6 Å². The number of carbonyl (C=O) groups excluding carboxylic acids is 2. The van der Waals surface area contributed by atoms with Crippen LogP contribution in [0.25, 0.3) is 11.1 Å². The number of fused-ring (bicyclic) bond motifs is 3. The molecule has 0 heterocycles. The van der Waals surface area contributed by atoms with Gasteiger partial charge in [0.05, 0.1) is 19.3 Å². The largest absolute Gasteiger partial charge is 0.465 e. The summed E-state index contributed by atoms with van der Waals surface area (Å²) >= 11 is 0. The zero-order chi connectivity index (χ0) is 24.1. The van der Waals surface area contributed by atoms with Gasteiger partial charge in [0.25, 0.3) is 5.91 Å². The molecule has 1 amide bonds. The normalized spacial score (nSPS) is 21.0. The molecule has 0 unspecified atom stereocenters. The van der Waals surface area contributed by atoms with E-state index in [1.807, 2.05) is 55.5 Å². The summed E-state index contributed by atoms with van der Waals surface area (Å²) in [5.74, 6) is -0.982. The van der Waals surface area contributed by atoms with Crippen LogP contribution in [0.1, 0.15) is 47.5 Å². The number of nitrogens with one attached hydrogen (secondary N) is 1. The second-order valence-electron chi connectivity index (χ2n) is 8.25. The van der Waals surface area contributed by atoms with E-state index in [0.717, 1.165) is 11.1 Å². The van der Waals surface area contributed by atoms with Crippen molar-refractivity contribution in [1.82, 2.24) is 5.32 Å². The fourth-order valence-corrected chi connectivity index (χ4v) is 4.69. The van der Waals surface area contributed by atoms with Crippen LogP contribution in [-0.4, -0.2) is 36.8 Å². The Morgan fingerprint density at radius 2 is 1.44 bits per heavy atom. The van der Waals surface area contributed by atoms with Crippen LogP contribution in [0, 0.1) is 5.41 Å². The SMILES string of the molecule is CCOC[C@@]1(C(=O)OCC)[C@H](O)c2ccccc2-c2ccccc2[C@H]1NC(=O)c1ccccc1. The summed E-state index contributed by atoms with van der Waals surface area (Å²) in [6, 6.07) is 22.9. The molecule has 0 aromatic heterocycles. The molecule has 0 saturated heterocycles. The highest BCUT2D eigenvalue weighted by atomic mass is 16.5. The molecule has 1 aliphatic carbocycles. The second-order valence-corrected chi connectivity index (χ2v) is 8.25. The number of hydrogen-bond acceptors (Lipinski definition) is 5. The molecule has 0 spiro atoms. The Hall–Kier alpha value is -3.48. The zero-order valence-corrected chi connectivity index (χ0v) is 19.4. The van der Waals surface area contributed by atoms with Crippen LogP contribution in [0.3, 0.4) is 0 Å². The molecule has 0 saturated carbocycles. The second kappa shape index (κ2) is 10.2. The number of amides is 1. The van der Waals surface area contributed by atoms with Crippen LogP contribution in [0.5, 0.6) is 0 Å². The molecule has 6 heteroatoms. The van der Waals surface area contributed by atoms with Crippen molar-refractivity contribution in [2.45, 2.75) is 26.0 Å². The lowest BCUT2D eigenvalue weighted by atomic mass is 9.72. The molecule has 6 nitrogen and oxygen atoms in total. The maximum absolute atomic E-state index is 13.7. The monoisotopic (exact) mass is 459 g/mol. The summed E-state index contributed by atoms with van der Waals surface area (Å²) in [7, 11) is 0. The highest BCUT2D eigenvalue weighted by Gasteiger charge is 2.57. The molecule has 0 radical (unpaired) electrons. The first-order valence-corrected chi connectivity index (χ1v) is 11.5. The van der Waals surface area contributed by atoms with Crippen molar-refractivity contribution >= 4 is 11.9 Å². The lowest BCUT2D eigenvalue weighted by Crippen LogP contribution is -2.53. The Labute approximate surface area is 199 Å². The van der Waals surface area contributed by atoms with E-state index in [0.29, 0.717) is 23.3 Å². The first-order valence-electron chi connectivity index (χ1n) is 11.5. The maximum Gasteiger partial charge on any atom is 0.319 e. The summed E-state index contributed by atoms with van der Waals surface area (Å²) in [6.07, 6.45) is -1.29. The molecular weight excluding hydrogens is 430 g/mol. The van der Waals surface area contributed by atoms with E-state index in [-0.39, 0.29) is 19.1 Å². The number of aliphatic hydroxyl groups is 1. The van der Waals surface area contributed by atoms with Crippen LogP contribution in [-0.2, 0) is 14.3 Å². The summed E-state index contributed by atoms with van der Waals surface area (Å²) in [5, 5.41) is 14.9. The third-order valence-electron chi connectivity index (χ3n) is 6.33. The Morgan fingerprint density at radius 1 is 0.853 bits per heavy atom. The highest BCUT2D eigenvalue weighted by molar-refractivity contribution is 5.95. The van der Waals surface area contributed by atoms with Gasteiger partial charge in [-0.25, -0.2) is 0 Å². The lowest BCUT2D eigenvalue weighted by molar-refractivity contribution is -0.174. The molecule has 3 aromatic rings. The van der Waals surface area contributed by atoms with Crippen molar-refractivity contribution in [1.29, 1.82) is 0 Å². The molecule has 3 atom stereocenters. The number of benzene rings is 3. The first kappa shape index (κ1) is 23.7. The van der Waals surface area contributed by atoms with Gasteiger partial charge in [-0.2, -0.15) is 0 Å². The Kier molecular flexibility index (Phi) is 7.10. The molecular formula is C28H29NO5. The van der Waals surface area contributed by atoms with Gasteiger partial charge in [0.2, 0.25) is 0 Å². The van der Waals surface area contributed by atoms with E-state index in [2.05, 4.69) is 5.32 Å². The number of aliphatic hydroxyl groups excluding tert-OH is 1. The zero-order valence-electron chi connectivity index (χ0n) is 19.4. The van der Waals surface area contributed by atoms with Crippen LogP contribution in [0.4, 0.5) is 0 Å². The van der Waals surface area contributed by atoms with Gasteiger partial charge in [0.15, 0.2) is 0 Å². The van der Waals surface area contributed by atoms with Gasteiger partial charge in [-0.15, -0.1) is 0 Å². The molecule has 0 aliphatic heterocycles. The summed E-state index contributed by atoms with van der Waals surface area (Å²) in [6.45, 7) is 3.86. The topological polar surface area (TPSA) is 84.9 Å². The van der Waals surface area contributed by atoms with E-state index in [1.165, 1.54) is 0 Å². The number of carbonyl (C=O) groups is 2. The minimum atomic E-state index is -1.61. The van der Waals surface area contributed by atoms with Crippen LogP contribution >= 0.6 is 0 Å². The minimum Gasteiger partial charge on any atom is -0.465 e. The molecule has 1 aliphatic rings. The summed E-state index contributed by atoms with van der Waals surface area (Å²) in [5.41, 5.74) is 1.76. The highest BCUT2D eigenvalue weighted by Crippen LogP contribution is 2.53. The Balaban J connectivity index is 1.98. The van der Waals surface area contributed by atoms with Gasteiger partial charge >= 0.3 is 5.97 Å². The molecule has 0 bridgehead atoms. The predicted molar refractivity (Wildman–Crippen MR) is 129 cm³/mol. The summed E-state index contributed by atoms with van der Waals surface area (Å²) < 4.78 is 11.3. The van der Waals surface area contributed by atoms with Crippen LogP contribution in [0.2, 0.25) is 0 Å². The molecule has 4 rings (SSSR count). The third-order valence-corrected chi connectivity index (χ3v) is 6.33. The van der Waals surface area contributed by atoms with E-state index < -0.39 is 23.5 Å². The average Bonchev–Trinajstić information content (AvgIpc) is 2.96. The Morgan fingerprint density at radius 3 is 2.09 bits per heavy atom. The van der Waals surface area contributed by atoms with E-state index in [9.17, 15) is 14.7 Å². The van der Waals surface area contributed by atoms with Crippen molar-refractivity contribution < 1.29 is 24.2 Å². The molecule has 3 aromatic carbocycles. The molecule has 2 N–H and O–H groups in total. The number of esters is 1. The van der Waals surface area contributed by atoms with Crippen molar-refractivity contribution in [3.63, 3.8) is 0 Å². The molecule has 0 fully saturated rings. The van der Waals surface area contributed by atoms with Crippen molar-refractivity contribution in [2.24, 2.45) is 5.41 Å².